The highest BCUT2D eigenvalue weighted by Gasteiger charge is 2.38. The van der Waals surface area contributed by atoms with Gasteiger partial charge in [-0.3, -0.25) is 0 Å². The van der Waals surface area contributed by atoms with Gasteiger partial charge in [0.2, 0.25) is 0 Å². The minimum absolute atomic E-state index is 0.239. The Morgan fingerprint density at radius 1 is 0.926 bits per heavy atom. The van der Waals surface area contributed by atoms with Crippen LogP contribution in [-0.4, -0.2) is 14.2 Å². The van der Waals surface area contributed by atoms with Gasteiger partial charge in [0.25, 0.3) is 0 Å². The predicted molar refractivity (Wildman–Crippen MR) is 110 cm³/mol. The Balaban J connectivity index is 1.65. The normalized spacial score (nSPS) is 22.8. The van der Waals surface area contributed by atoms with Crippen LogP contribution in [0.15, 0.2) is 66.7 Å². The highest BCUT2D eigenvalue weighted by molar-refractivity contribution is 5.96. The molecular formula is C24H23NO2. The van der Waals surface area contributed by atoms with Crippen molar-refractivity contribution >= 4 is 16.5 Å². The zero-order valence-corrected chi connectivity index (χ0v) is 15.6. The Morgan fingerprint density at radius 3 is 2.63 bits per heavy atom. The lowest BCUT2D eigenvalue weighted by Crippen LogP contribution is -2.29. The van der Waals surface area contributed by atoms with Crippen molar-refractivity contribution in [1.29, 1.82) is 0 Å². The van der Waals surface area contributed by atoms with Crippen molar-refractivity contribution < 1.29 is 9.47 Å². The number of benzene rings is 3. The van der Waals surface area contributed by atoms with Crippen molar-refractivity contribution in [2.75, 3.05) is 19.5 Å². The van der Waals surface area contributed by atoms with E-state index in [-0.39, 0.29) is 6.04 Å². The van der Waals surface area contributed by atoms with E-state index in [9.17, 15) is 0 Å². The Labute approximate surface area is 159 Å². The maximum atomic E-state index is 5.55. The van der Waals surface area contributed by atoms with Crippen molar-refractivity contribution in [3.63, 3.8) is 0 Å². The molecule has 0 spiro atoms. The fourth-order valence-electron chi connectivity index (χ4n) is 4.72. The van der Waals surface area contributed by atoms with Crippen molar-refractivity contribution in [3.8, 4) is 11.5 Å². The maximum Gasteiger partial charge on any atom is 0.161 e. The molecule has 3 heteroatoms. The van der Waals surface area contributed by atoms with Crippen LogP contribution in [-0.2, 0) is 0 Å². The summed E-state index contributed by atoms with van der Waals surface area (Å²) >= 11 is 0. The van der Waals surface area contributed by atoms with Gasteiger partial charge in [0.1, 0.15) is 0 Å². The third kappa shape index (κ3) is 2.49. The van der Waals surface area contributed by atoms with Crippen LogP contribution in [0.4, 0.5) is 5.69 Å². The molecule has 3 nitrogen and oxygen atoms in total. The summed E-state index contributed by atoms with van der Waals surface area (Å²) in [6.07, 6.45) is 5.80. The fraction of sp³-hybridized carbons (Fsp3) is 0.250. The lowest BCUT2D eigenvalue weighted by atomic mass is 9.76. The van der Waals surface area contributed by atoms with Crippen molar-refractivity contribution in [2.45, 2.75) is 18.4 Å². The number of ether oxygens (including phenoxy) is 2. The van der Waals surface area contributed by atoms with Crippen LogP contribution in [0.2, 0.25) is 0 Å². The minimum Gasteiger partial charge on any atom is -0.493 e. The summed E-state index contributed by atoms with van der Waals surface area (Å²) in [5.74, 6) is 2.51. The largest absolute Gasteiger partial charge is 0.493 e. The molecule has 1 heterocycles. The molecule has 0 fully saturated rings. The summed E-state index contributed by atoms with van der Waals surface area (Å²) in [5.41, 5.74) is 3.91. The van der Waals surface area contributed by atoms with E-state index >= 15 is 0 Å². The van der Waals surface area contributed by atoms with Crippen LogP contribution in [0.5, 0.6) is 11.5 Å². The smallest absolute Gasteiger partial charge is 0.161 e. The van der Waals surface area contributed by atoms with Crippen LogP contribution in [0.1, 0.15) is 29.5 Å². The predicted octanol–water partition coefficient (Wildman–Crippen LogP) is 5.68. The van der Waals surface area contributed by atoms with E-state index in [4.69, 9.17) is 9.47 Å². The van der Waals surface area contributed by atoms with Gasteiger partial charge in [0, 0.05) is 17.0 Å². The summed E-state index contributed by atoms with van der Waals surface area (Å²) in [5, 5.41) is 6.44. The summed E-state index contributed by atoms with van der Waals surface area (Å²) in [4.78, 5) is 0. The molecular weight excluding hydrogens is 334 g/mol. The molecule has 1 N–H and O–H groups in total. The van der Waals surface area contributed by atoms with Gasteiger partial charge in [-0.1, -0.05) is 54.6 Å². The maximum absolute atomic E-state index is 5.55. The van der Waals surface area contributed by atoms with Crippen LogP contribution >= 0.6 is 0 Å². The molecule has 0 aromatic heterocycles. The van der Waals surface area contributed by atoms with E-state index < -0.39 is 0 Å². The molecule has 0 unspecified atom stereocenters. The number of rotatable bonds is 3. The molecule has 27 heavy (non-hydrogen) atoms. The molecule has 3 aromatic rings. The van der Waals surface area contributed by atoms with Gasteiger partial charge in [0.15, 0.2) is 11.5 Å². The summed E-state index contributed by atoms with van der Waals surface area (Å²) < 4.78 is 11.0. The number of hydrogen-bond acceptors (Lipinski definition) is 3. The molecule has 0 saturated carbocycles. The Kier molecular flexibility index (Phi) is 3.82. The van der Waals surface area contributed by atoms with Gasteiger partial charge >= 0.3 is 0 Å². The number of fused-ring (bicyclic) bond motifs is 5. The van der Waals surface area contributed by atoms with Gasteiger partial charge in [-0.25, -0.2) is 0 Å². The second kappa shape index (κ2) is 6.34. The van der Waals surface area contributed by atoms with Crippen LogP contribution in [0, 0.1) is 5.92 Å². The molecule has 0 saturated heterocycles. The Bertz CT molecular complexity index is 1040. The molecule has 136 valence electrons. The van der Waals surface area contributed by atoms with Crippen LogP contribution in [0.25, 0.3) is 10.8 Å². The number of anilines is 1. The van der Waals surface area contributed by atoms with E-state index in [1.165, 1.54) is 27.6 Å². The first kappa shape index (κ1) is 16.2. The zero-order valence-electron chi connectivity index (χ0n) is 15.6. The van der Waals surface area contributed by atoms with Gasteiger partial charge in [0.05, 0.1) is 20.3 Å². The first-order valence-corrected chi connectivity index (χ1v) is 9.47. The van der Waals surface area contributed by atoms with Crippen molar-refractivity contribution in [3.05, 3.63) is 77.9 Å². The lowest BCUT2D eigenvalue weighted by molar-refractivity contribution is 0.353. The summed E-state index contributed by atoms with van der Waals surface area (Å²) in [6.45, 7) is 0. The van der Waals surface area contributed by atoms with Gasteiger partial charge in [-0.2, -0.15) is 0 Å². The number of allylic oxidation sites excluding steroid dienone is 2. The Hall–Kier alpha value is -2.94. The number of hydrogen-bond donors (Lipinski definition) is 1. The topological polar surface area (TPSA) is 30.5 Å². The first-order chi connectivity index (χ1) is 13.3. The SMILES string of the molecule is COc1ccc([C@@H]2Nc3c(ccc4ccccc34)[C@H]3C=CC[C@@H]32)cc1OC. The molecule has 3 atom stereocenters. The van der Waals surface area contributed by atoms with E-state index in [0.717, 1.165) is 17.9 Å². The molecule has 0 amide bonds. The van der Waals surface area contributed by atoms with Crippen LogP contribution in [0.3, 0.4) is 0 Å². The van der Waals surface area contributed by atoms with E-state index in [2.05, 4.69) is 66.0 Å². The van der Waals surface area contributed by atoms with Gasteiger partial charge in [-0.15, -0.1) is 0 Å². The standard InChI is InChI=1S/C24H23NO2/c1-26-21-13-11-16(14-22(21)27-2)23-19-9-5-8-18(19)20-12-10-15-6-3-4-7-17(15)24(20)25-23/h3-8,10-14,18-19,23,25H,9H2,1-2H3/t18-,19-,23-/m0/s1. The van der Waals surface area contributed by atoms with Crippen molar-refractivity contribution in [1.82, 2.24) is 0 Å². The zero-order chi connectivity index (χ0) is 18.4. The highest BCUT2D eigenvalue weighted by atomic mass is 16.5. The van der Waals surface area contributed by atoms with Gasteiger partial charge < -0.3 is 14.8 Å². The summed E-state index contributed by atoms with van der Waals surface area (Å²) in [6, 6.07) is 19.7. The molecule has 1 aliphatic carbocycles. The van der Waals surface area contributed by atoms with Crippen LogP contribution < -0.4 is 14.8 Å². The number of nitrogens with one attached hydrogen (secondary N) is 1. The molecule has 0 radical (unpaired) electrons. The second-order valence-electron chi connectivity index (χ2n) is 7.34. The Morgan fingerprint density at radius 2 is 1.78 bits per heavy atom. The quantitative estimate of drug-likeness (QED) is 0.611. The van der Waals surface area contributed by atoms with E-state index in [1.807, 2.05) is 6.07 Å². The molecule has 3 aromatic carbocycles. The van der Waals surface area contributed by atoms with E-state index in [0.29, 0.717) is 11.8 Å². The third-order valence-corrected chi connectivity index (χ3v) is 6.03. The lowest BCUT2D eigenvalue weighted by Gasteiger charge is -2.38. The molecule has 0 bridgehead atoms. The average molecular weight is 357 g/mol. The minimum atomic E-state index is 0.239. The average Bonchev–Trinajstić information content (AvgIpc) is 3.22. The molecule has 2 aliphatic rings. The monoisotopic (exact) mass is 357 g/mol. The number of methoxy groups -OCH3 is 2. The fourth-order valence-corrected chi connectivity index (χ4v) is 4.72. The van der Waals surface area contributed by atoms with Gasteiger partial charge in [-0.05, 0) is 41.0 Å². The third-order valence-electron chi connectivity index (χ3n) is 6.03. The van der Waals surface area contributed by atoms with Crippen molar-refractivity contribution in [2.24, 2.45) is 5.92 Å². The van der Waals surface area contributed by atoms with E-state index in [1.54, 1.807) is 14.2 Å². The molecule has 1 aliphatic heterocycles. The molecule has 5 rings (SSSR count). The highest BCUT2D eigenvalue weighted by Crippen LogP contribution is 2.52. The second-order valence-corrected chi connectivity index (χ2v) is 7.34. The summed E-state index contributed by atoms with van der Waals surface area (Å²) in [7, 11) is 3.37. The first-order valence-electron chi connectivity index (χ1n) is 9.47.